The lowest BCUT2D eigenvalue weighted by Crippen LogP contribution is -2.46. The Hall–Kier alpha value is -3.76. The van der Waals surface area contributed by atoms with Crippen LogP contribution in [0.4, 0.5) is 4.79 Å². The van der Waals surface area contributed by atoms with Crippen molar-refractivity contribution in [2.24, 2.45) is 16.7 Å². The zero-order valence-corrected chi connectivity index (χ0v) is 44.3. The van der Waals surface area contributed by atoms with E-state index in [0.717, 1.165) is 35.3 Å². The average Bonchev–Trinajstić information content (AvgIpc) is 3.52. The molecule has 2 N–H and O–H groups in total. The molecular weight excluding hydrogens is 817 g/mol. The minimum atomic E-state index is -1.18. The molecule has 3 heterocycles. The topological polar surface area (TPSA) is 80.4 Å². The second-order valence-electron chi connectivity index (χ2n) is 22.9. The van der Waals surface area contributed by atoms with E-state index in [1.165, 1.54) is 101 Å². The SMILES string of the molecule is CC(C)(C)NCCN1C(=O)NC(c2ccccc2)(c2ccccc2)C1=O.CC(C)N1CCCCC1.CN(C)CCCC(C)(C)C.COc1ccc(CCN2CCC(CC(C)(C)C)CC2)cc1. The molecule has 3 aliphatic heterocycles. The molecule has 0 radical (unpaired) electrons. The predicted octanol–water partition coefficient (Wildman–Crippen LogP) is 11.5. The van der Waals surface area contributed by atoms with Crippen molar-refractivity contribution in [3.8, 4) is 5.75 Å². The lowest BCUT2D eigenvalue weighted by molar-refractivity contribution is -0.130. The molecule has 0 aliphatic carbocycles. The van der Waals surface area contributed by atoms with E-state index in [-0.39, 0.29) is 17.5 Å². The van der Waals surface area contributed by atoms with Gasteiger partial charge in [-0.25, -0.2) is 4.79 Å². The van der Waals surface area contributed by atoms with Gasteiger partial charge in [0.25, 0.3) is 5.91 Å². The van der Waals surface area contributed by atoms with Gasteiger partial charge in [0.15, 0.2) is 5.54 Å². The summed E-state index contributed by atoms with van der Waals surface area (Å²) in [5, 5.41) is 6.28. The van der Waals surface area contributed by atoms with Crippen LogP contribution in [0.5, 0.6) is 5.75 Å². The number of hydrogen-bond acceptors (Lipinski definition) is 7. The number of ether oxygens (including phenoxy) is 1. The lowest BCUT2D eigenvalue weighted by Gasteiger charge is -2.35. The van der Waals surface area contributed by atoms with Crippen LogP contribution in [0.15, 0.2) is 84.9 Å². The monoisotopic (exact) mass is 911 g/mol. The van der Waals surface area contributed by atoms with Crippen LogP contribution >= 0.6 is 0 Å². The van der Waals surface area contributed by atoms with Crippen molar-refractivity contribution in [1.29, 1.82) is 0 Å². The first-order valence-electron chi connectivity index (χ1n) is 25.3. The van der Waals surface area contributed by atoms with Crippen molar-refractivity contribution in [2.75, 3.05) is 73.6 Å². The molecule has 3 fully saturated rings. The molecule has 3 aliphatic rings. The first kappa shape index (κ1) is 56.6. The fourth-order valence-corrected chi connectivity index (χ4v) is 8.98. The van der Waals surface area contributed by atoms with Crippen molar-refractivity contribution in [3.05, 3.63) is 102 Å². The minimum Gasteiger partial charge on any atom is -0.497 e. The van der Waals surface area contributed by atoms with Gasteiger partial charge in [-0.1, -0.05) is 121 Å². The van der Waals surface area contributed by atoms with E-state index in [0.29, 0.717) is 23.9 Å². The highest BCUT2D eigenvalue weighted by Gasteiger charge is 2.53. The van der Waals surface area contributed by atoms with Gasteiger partial charge in [0, 0.05) is 31.2 Å². The van der Waals surface area contributed by atoms with Gasteiger partial charge in [0.1, 0.15) is 5.75 Å². The van der Waals surface area contributed by atoms with Gasteiger partial charge in [-0.2, -0.15) is 0 Å². The molecule has 0 bridgehead atoms. The Bertz CT molecular complexity index is 1740. The van der Waals surface area contributed by atoms with E-state index < -0.39 is 5.54 Å². The molecule has 370 valence electrons. The predicted molar refractivity (Wildman–Crippen MR) is 279 cm³/mol. The number of amides is 3. The van der Waals surface area contributed by atoms with Crippen LogP contribution in [-0.2, 0) is 16.8 Å². The second kappa shape index (κ2) is 27.3. The zero-order valence-electron chi connectivity index (χ0n) is 44.3. The number of methoxy groups -OCH3 is 1. The summed E-state index contributed by atoms with van der Waals surface area (Å²) >= 11 is 0. The van der Waals surface area contributed by atoms with E-state index in [1.54, 1.807) is 7.11 Å². The minimum absolute atomic E-state index is 0.0742. The fraction of sp³-hybridized carbons (Fsp3) is 0.649. The van der Waals surface area contributed by atoms with Crippen LogP contribution in [0.3, 0.4) is 0 Å². The van der Waals surface area contributed by atoms with Gasteiger partial charge in [-0.05, 0) is 178 Å². The van der Waals surface area contributed by atoms with Crippen molar-refractivity contribution >= 4 is 11.9 Å². The Balaban J connectivity index is 0.000000256. The first-order valence-corrected chi connectivity index (χ1v) is 25.3. The standard InChI is InChI=1S/C21H25N3O2.C19H31NO.C9H21N.C8H17N/c1-20(2,3)22-14-15-24-18(25)21(23-19(24)26,16-10-6-4-7-11-16)17-12-8-5-9-13-17;1-19(2,3)15-17-10-13-20(14-11-17)12-9-16-5-7-18(21-4)8-6-16;1-9(2,3)7-6-8-10(4)5;1-8(2)9-6-4-3-5-7-9/h4-13,22H,14-15H2,1-3H3,(H,23,26);5-8,17H,9-15H2,1-4H3;6-8H2,1-5H3;8H,3-7H2,1-2H3. The number of carbonyl (C=O) groups excluding carboxylic acids is 2. The molecule has 0 unspecified atom stereocenters. The number of urea groups is 1. The third kappa shape index (κ3) is 20.6. The third-order valence-corrected chi connectivity index (χ3v) is 12.6. The summed E-state index contributed by atoms with van der Waals surface area (Å²) in [5.41, 5.74) is 2.67. The average molecular weight is 911 g/mol. The molecule has 0 aromatic heterocycles. The molecule has 3 aromatic carbocycles. The highest BCUT2D eigenvalue weighted by atomic mass is 16.5. The zero-order chi connectivity index (χ0) is 49.0. The Morgan fingerprint density at radius 1 is 0.742 bits per heavy atom. The van der Waals surface area contributed by atoms with Crippen LogP contribution in [0.25, 0.3) is 0 Å². The lowest BCUT2D eigenvalue weighted by atomic mass is 9.80. The highest BCUT2D eigenvalue weighted by molar-refractivity contribution is 6.09. The molecule has 6 rings (SSSR count). The second-order valence-corrected chi connectivity index (χ2v) is 22.9. The summed E-state index contributed by atoms with van der Waals surface area (Å²) in [6, 6.07) is 27.7. The van der Waals surface area contributed by atoms with Gasteiger partial charge < -0.3 is 30.1 Å². The van der Waals surface area contributed by atoms with Crippen molar-refractivity contribution < 1.29 is 14.3 Å². The molecule has 0 atom stereocenters. The van der Waals surface area contributed by atoms with E-state index in [1.807, 2.05) is 60.7 Å². The number of nitrogens with zero attached hydrogens (tertiary/aromatic N) is 4. The maximum Gasteiger partial charge on any atom is 0.325 e. The van der Waals surface area contributed by atoms with Crippen LogP contribution in [0.2, 0.25) is 0 Å². The molecule has 3 saturated heterocycles. The number of nitrogens with one attached hydrogen (secondary N) is 2. The maximum atomic E-state index is 13.4. The summed E-state index contributed by atoms with van der Waals surface area (Å²) in [5.74, 6) is 1.64. The summed E-state index contributed by atoms with van der Waals surface area (Å²) in [4.78, 5) is 34.8. The highest BCUT2D eigenvalue weighted by Crippen LogP contribution is 2.36. The fourth-order valence-electron chi connectivity index (χ4n) is 8.98. The number of imide groups is 1. The van der Waals surface area contributed by atoms with E-state index in [9.17, 15) is 9.59 Å². The van der Waals surface area contributed by atoms with Gasteiger partial charge in [0.05, 0.1) is 7.11 Å². The summed E-state index contributed by atoms with van der Waals surface area (Å²) in [6.07, 6.45) is 12.2. The molecule has 9 nitrogen and oxygen atoms in total. The Morgan fingerprint density at radius 2 is 1.29 bits per heavy atom. The van der Waals surface area contributed by atoms with E-state index in [2.05, 4.69) is 140 Å². The quantitative estimate of drug-likeness (QED) is 0.156. The molecule has 9 heteroatoms. The first-order chi connectivity index (χ1) is 31.0. The Kier molecular flexibility index (Phi) is 23.4. The molecular formula is C57H94N6O3. The van der Waals surface area contributed by atoms with Crippen LogP contribution in [-0.4, -0.2) is 117 Å². The number of likely N-dealkylation sites (tertiary alicyclic amines) is 2. The number of hydrogen-bond donors (Lipinski definition) is 2. The summed E-state index contributed by atoms with van der Waals surface area (Å²) in [7, 11) is 5.97. The van der Waals surface area contributed by atoms with Crippen LogP contribution < -0.4 is 15.4 Å². The van der Waals surface area contributed by atoms with Crippen LogP contribution in [0, 0.1) is 16.7 Å². The number of benzene rings is 3. The summed E-state index contributed by atoms with van der Waals surface area (Å²) < 4.78 is 5.20. The largest absolute Gasteiger partial charge is 0.497 e. The Labute approximate surface area is 403 Å². The van der Waals surface area contributed by atoms with Gasteiger partial charge in [-0.3, -0.25) is 9.69 Å². The van der Waals surface area contributed by atoms with Crippen molar-refractivity contribution in [3.63, 3.8) is 0 Å². The van der Waals surface area contributed by atoms with E-state index in [4.69, 9.17) is 4.74 Å². The smallest absolute Gasteiger partial charge is 0.325 e. The van der Waals surface area contributed by atoms with Gasteiger partial charge >= 0.3 is 6.03 Å². The van der Waals surface area contributed by atoms with E-state index >= 15 is 0 Å². The van der Waals surface area contributed by atoms with Crippen molar-refractivity contribution in [2.45, 2.75) is 151 Å². The van der Waals surface area contributed by atoms with Gasteiger partial charge in [0.2, 0.25) is 0 Å². The molecule has 3 aromatic rings. The normalized spacial score (nSPS) is 17.3. The number of carbonyl (C=O) groups is 2. The summed E-state index contributed by atoms with van der Waals surface area (Å²) in [6.45, 7) is 33.2. The number of rotatable bonds is 14. The van der Waals surface area contributed by atoms with Gasteiger partial charge in [-0.15, -0.1) is 0 Å². The molecule has 3 amide bonds. The Morgan fingerprint density at radius 3 is 1.73 bits per heavy atom. The van der Waals surface area contributed by atoms with Crippen molar-refractivity contribution in [1.82, 2.24) is 30.2 Å². The molecule has 0 spiro atoms. The molecule has 0 saturated carbocycles. The number of piperidine rings is 2. The molecule has 66 heavy (non-hydrogen) atoms. The van der Waals surface area contributed by atoms with Crippen LogP contribution in [0.1, 0.15) is 144 Å². The maximum absolute atomic E-state index is 13.4. The third-order valence-electron chi connectivity index (χ3n) is 12.6.